The molecule has 2 N–H and O–H groups in total. The Labute approximate surface area is 206 Å². The van der Waals surface area contributed by atoms with Crippen LogP contribution in [0.15, 0.2) is 82.5 Å². The molecular weight excluding hydrogens is 496 g/mol. The Morgan fingerprint density at radius 3 is 2.41 bits per heavy atom. The molecule has 190 valence electrons. The Balaban J connectivity index is 1.54. The maximum Gasteiger partial charge on any atom is 0.573 e. The van der Waals surface area contributed by atoms with E-state index in [0.29, 0.717) is 5.56 Å². The molecule has 0 aliphatic rings. The van der Waals surface area contributed by atoms with Crippen LogP contribution in [0, 0.1) is 5.95 Å². The fraction of sp³-hybridized carbons (Fsp3) is 0.120. The minimum absolute atomic E-state index is 0.0111. The fourth-order valence-electron chi connectivity index (χ4n) is 3.51. The van der Waals surface area contributed by atoms with Gasteiger partial charge in [0.2, 0.25) is 5.95 Å². The molecule has 0 saturated carbocycles. The number of hydrogen-bond acceptors (Lipinski definition) is 5. The summed E-state index contributed by atoms with van der Waals surface area (Å²) in [6, 6.07) is 15.8. The highest BCUT2D eigenvalue weighted by molar-refractivity contribution is 5.92. The number of halogens is 4. The third-order valence-corrected chi connectivity index (χ3v) is 5.24. The normalized spacial score (nSPS) is 11.2. The van der Waals surface area contributed by atoms with Gasteiger partial charge in [0.25, 0.3) is 11.5 Å². The monoisotopic (exact) mass is 514 g/mol. The molecule has 0 spiro atoms. The lowest BCUT2D eigenvalue weighted by Gasteiger charge is -2.15. The molecule has 8 nitrogen and oxygen atoms in total. The molecular formula is C25H18F4N4O4. The fourth-order valence-corrected chi connectivity index (χ4v) is 3.51. The van der Waals surface area contributed by atoms with Crippen molar-refractivity contribution < 1.29 is 27.1 Å². The van der Waals surface area contributed by atoms with E-state index in [1.165, 1.54) is 18.2 Å². The second-order valence-corrected chi connectivity index (χ2v) is 7.82. The van der Waals surface area contributed by atoms with E-state index < -0.39 is 41.8 Å². The number of rotatable bonds is 7. The summed E-state index contributed by atoms with van der Waals surface area (Å²) in [7, 11) is 0. The van der Waals surface area contributed by atoms with Gasteiger partial charge in [-0.1, -0.05) is 42.5 Å². The van der Waals surface area contributed by atoms with Crippen LogP contribution in [0.1, 0.15) is 21.6 Å². The molecule has 37 heavy (non-hydrogen) atoms. The summed E-state index contributed by atoms with van der Waals surface area (Å²) in [6.07, 6.45) is -3.87. The predicted molar refractivity (Wildman–Crippen MR) is 124 cm³/mol. The largest absolute Gasteiger partial charge is 0.573 e. The Bertz CT molecular complexity index is 1520. The average molecular weight is 514 g/mol. The van der Waals surface area contributed by atoms with Crippen LogP contribution in [0.25, 0.3) is 11.1 Å². The van der Waals surface area contributed by atoms with Gasteiger partial charge in [-0.15, -0.1) is 13.2 Å². The number of alkyl halides is 3. The lowest BCUT2D eigenvalue weighted by molar-refractivity contribution is -0.274. The maximum atomic E-state index is 13.4. The summed E-state index contributed by atoms with van der Waals surface area (Å²) in [5.74, 6) is -2.32. The van der Waals surface area contributed by atoms with Crippen LogP contribution in [-0.2, 0) is 13.1 Å². The smallest absolute Gasteiger partial charge is 0.405 e. The second-order valence-electron chi connectivity index (χ2n) is 7.82. The van der Waals surface area contributed by atoms with Gasteiger partial charge in [-0.05, 0) is 28.8 Å². The van der Waals surface area contributed by atoms with Gasteiger partial charge in [-0.3, -0.25) is 14.2 Å². The lowest BCUT2D eigenvalue weighted by Crippen LogP contribution is -2.38. The van der Waals surface area contributed by atoms with Gasteiger partial charge < -0.3 is 15.0 Å². The number of benzene rings is 2. The number of hydrogen-bond donors (Lipinski definition) is 2. The maximum absolute atomic E-state index is 13.4. The quantitative estimate of drug-likeness (QED) is 0.290. The third-order valence-electron chi connectivity index (χ3n) is 5.24. The van der Waals surface area contributed by atoms with Gasteiger partial charge in [0.1, 0.15) is 11.4 Å². The molecule has 2 aromatic heterocycles. The highest BCUT2D eigenvalue weighted by atomic mass is 19.4. The van der Waals surface area contributed by atoms with Crippen LogP contribution in [0.2, 0.25) is 0 Å². The number of aromatic nitrogens is 3. The van der Waals surface area contributed by atoms with Crippen molar-refractivity contribution in [2.24, 2.45) is 0 Å². The molecule has 2 heterocycles. The molecule has 12 heteroatoms. The van der Waals surface area contributed by atoms with Crippen LogP contribution in [0.3, 0.4) is 0 Å². The number of nitrogens with one attached hydrogen (secondary N) is 2. The van der Waals surface area contributed by atoms with Crippen LogP contribution in [0.5, 0.6) is 5.75 Å². The van der Waals surface area contributed by atoms with Crippen molar-refractivity contribution in [3.8, 4) is 16.9 Å². The molecule has 0 aliphatic carbocycles. The van der Waals surface area contributed by atoms with Crippen LogP contribution < -0.4 is 21.3 Å². The number of amides is 1. The van der Waals surface area contributed by atoms with Crippen molar-refractivity contribution in [1.82, 2.24) is 19.9 Å². The SMILES string of the molecule is O=C(NCc1ccc(-c2ccnc(F)c2)cc1OC(F)(F)F)c1cc(=O)n(Cc2ccccc2)c(=O)[nH]1. The topological polar surface area (TPSA) is 106 Å². The predicted octanol–water partition coefficient (Wildman–Crippen LogP) is 3.61. The third kappa shape index (κ3) is 6.48. The van der Waals surface area contributed by atoms with Crippen LogP contribution in [0.4, 0.5) is 17.6 Å². The first kappa shape index (κ1) is 25.4. The molecule has 0 aliphatic heterocycles. The van der Waals surface area contributed by atoms with E-state index in [4.69, 9.17) is 0 Å². The Kier molecular flexibility index (Phi) is 7.18. The van der Waals surface area contributed by atoms with Crippen LogP contribution >= 0.6 is 0 Å². The summed E-state index contributed by atoms with van der Waals surface area (Å²) in [5, 5.41) is 2.36. The first-order valence-corrected chi connectivity index (χ1v) is 10.8. The zero-order valence-electron chi connectivity index (χ0n) is 18.9. The zero-order chi connectivity index (χ0) is 26.6. The van der Waals surface area contributed by atoms with Gasteiger partial charge >= 0.3 is 12.1 Å². The van der Waals surface area contributed by atoms with Crippen LogP contribution in [-0.4, -0.2) is 26.8 Å². The number of nitrogens with zero attached hydrogens (tertiary/aromatic N) is 2. The van der Waals surface area contributed by atoms with E-state index in [1.807, 2.05) is 0 Å². The molecule has 0 atom stereocenters. The van der Waals surface area contributed by atoms with E-state index in [2.05, 4.69) is 20.0 Å². The molecule has 0 saturated heterocycles. The minimum Gasteiger partial charge on any atom is -0.405 e. The Morgan fingerprint density at radius 1 is 1.00 bits per heavy atom. The highest BCUT2D eigenvalue weighted by Gasteiger charge is 2.32. The average Bonchev–Trinajstić information content (AvgIpc) is 2.85. The molecule has 4 rings (SSSR count). The summed E-state index contributed by atoms with van der Waals surface area (Å²) in [5.41, 5.74) is -0.775. The van der Waals surface area contributed by atoms with Gasteiger partial charge in [0, 0.05) is 30.4 Å². The molecule has 1 amide bonds. The number of ether oxygens (including phenoxy) is 1. The molecule has 2 aromatic carbocycles. The number of carbonyl (C=O) groups is 1. The molecule has 0 unspecified atom stereocenters. The van der Waals surface area contributed by atoms with Crippen molar-refractivity contribution >= 4 is 5.91 Å². The van der Waals surface area contributed by atoms with Crippen molar-refractivity contribution in [3.63, 3.8) is 0 Å². The number of aromatic amines is 1. The van der Waals surface area contributed by atoms with Crippen molar-refractivity contribution in [2.45, 2.75) is 19.5 Å². The van der Waals surface area contributed by atoms with Crippen molar-refractivity contribution in [1.29, 1.82) is 0 Å². The molecule has 0 bridgehead atoms. The van der Waals surface area contributed by atoms with E-state index in [-0.39, 0.29) is 28.9 Å². The molecule has 4 aromatic rings. The first-order valence-electron chi connectivity index (χ1n) is 10.8. The number of H-pyrrole nitrogens is 1. The van der Waals surface area contributed by atoms with Gasteiger partial charge in [0.15, 0.2) is 0 Å². The standard InChI is InChI=1S/C25H18F4N4O4/c26-21-11-17(8-9-30-21)16-6-7-18(20(10-16)37-25(27,28)29)13-31-23(35)19-12-22(34)33(24(36)32-19)14-15-4-2-1-3-5-15/h1-12H,13-14H2,(H,31,35)(H,32,36). The molecule has 0 radical (unpaired) electrons. The molecule has 0 fully saturated rings. The van der Waals surface area contributed by atoms with E-state index in [1.54, 1.807) is 30.3 Å². The summed E-state index contributed by atoms with van der Waals surface area (Å²) in [6.45, 7) is -0.437. The second kappa shape index (κ2) is 10.5. The number of pyridine rings is 1. The first-order chi connectivity index (χ1) is 17.6. The number of carbonyl (C=O) groups excluding carboxylic acids is 1. The summed E-state index contributed by atoms with van der Waals surface area (Å²) >= 11 is 0. The Hall–Kier alpha value is -4.74. The van der Waals surface area contributed by atoms with Gasteiger partial charge in [-0.25, -0.2) is 9.78 Å². The Morgan fingerprint density at radius 2 is 1.73 bits per heavy atom. The van der Waals surface area contributed by atoms with Crippen molar-refractivity contribution in [3.05, 3.63) is 117 Å². The summed E-state index contributed by atoms with van der Waals surface area (Å²) < 4.78 is 57.5. The van der Waals surface area contributed by atoms with E-state index >= 15 is 0 Å². The highest BCUT2D eigenvalue weighted by Crippen LogP contribution is 2.31. The van der Waals surface area contributed by atoms with Gasteiger partial charge in [-0.2, -0.15) is 4.39 Å². The minimum atomic E-state index is -5.03. The van der Waals surface area contributed by atoms with Crippen molar-refractivity contribution in [2.75, 3.05) is 0 Å². The van der Waals surface area contributed by atoms with E-state index in [0.717, 1.165) is 29.0 Å². The van der Waals surface area contributed by atoms with E-state index in [9.17, 15) is 31.9 Å². The zero-order valence-corrected chi connectivity index (χ0v) is 18.9. The lowest BCUT2D eigenvalue weighted by atomic mass is 10.0. The van der Waals surface area contributed by atoms with Gasteiger partial charge in [0.05, 0.1) is 6.54 Å². The summed E-state index contributed by atoms with van der Waals surface area (Å²) in [4.78, 5) is 43.1.